The van der Waals surface area contributed by atoms with Gasteiger partial charge in [0, 0.05) is 6.42 Å². The number of fused-ring (bicyclic) bond motifs is 2. The molecule has 0 radical (unpaired) electrons. The Balaban J connectivity index is 2.15. The molecule has 0 bridgehead atoms. The number of hydrogen-bond donors (Lipinski definition) is 1. The molecule has 1 N–H and O–H groups in total. The lowest BCUT2D eigenvalue weighted by molar-refractivity contribution is -0.130. The van der Waals surface area contributed by atoms with E-state index in [4.69, 9.17) is 0 Å². The van der Waals surface area contributed by atoms with E-state index in [9.17, 15) is 14.4 Å². The number of nitrogens with zero attached hydrogens (tertiary/aromatic N) is 1. The SMILES string of the molecule is O=C1Nc2ccccc2C(=O)N2C(=O)CCC12. The van der Waals surface area contributed by atoms with Crippen molar-refractivity contribution in [3.05, 3.63) is 29.8 Å². The fourth-order valence-electron chi connectivity index (χ4n) is 2.31. The van der Waals surface area contributed by atoms with Crippen LogP contribution in [0, 0.1) is 0 Å². The number of carbonyl (C=O) groups is 3. The van der Waals surface area contributed by atoms with Gasteiger partial charge in [0.25, 0.3) is 5.91 Å². The Morgan fingerprint density at radius 2 is 1.94 bits per heavy atom. The predicted octanol–water partition coefficient (Wildman–Crippen LogP) is 0.770. The second kappa shape index (κ2) is 3.41. The van der Waals surface area contributed by atoms with Crippen LogP contribution in [0.25, 0.3) is 0 Å². The summed E-state index contributed by atoms with van der Waals surface area (Å²) in [6, 6.07) is 6.08. The van der Waals surface area contributed by atoms with Crippen LogP contribution in [0.3, 0.4) is 0 Å². The van der Waals surface area contributed by atoms with Gasteiger partial charge in [-0.1, -0.05) is 12.1 Å². The van der Waals surface area contributed by atoms with Crippen LogP contribution in [0.5, 0.6) is 0 Å². The van der Waals surface area contributed by atoms with Crippen molar-refractivity contribution in [2.45, 2.75) is 18.9 Å². The number of carbonyl (C=O) groups excluding carboxylic acids is 3. The van der Waals surface area contributed by atoms with Gasteiger partial charge in [0.15, 0.2) is 0 Å². The van der Waals surface area contributed by atoms with Crippen molar-refractivity contribution >= 4 is 23.4 Å². The van der Waals surface area contributed by atoms with E-state index in [1.165, 1.54) is 0 Å². The number of benzene rings is 1. The fraction of sp³-hybridized carbons (Fsp3) is 0.250. The summed E-state index contributed by atoms with van der Waals surface area (Å²) in [5, 5.41) is 2.69. The number of hydrogen-bond acceptors (Lipinski definition) is 3. The first-order valence-corrected chi connectivity index (χ1v) is 5.45. The summed E-state index contributed by atoms with van der Waals surface area (Å²) >= 11 is 0. The zero-order chi connectivity index (χ0) is 12.0. The second-order valence-corrected chi connectivity index (χ2v) is 4.16. The van der Waals surface area contributed by atoms with Crippen molar-refractivity contribution in [2.24, 2.45) is 0 Å². The summed E-state index contributed by atoms with van der Waals surface area (Å²) in [4.78, 5) is 36.8. The van der Waals surface area contributed by atoms with Gasteiger partial charge in [-0.05, 0) is 18.6 Å². The van der Waals surface area contributed by atoms with E-state index in [0.29, 0.717) is 17.7 Å². The highest BCUT2D eigenvalue weighted by Gasteiger charge is 2.43. The molecule has 0 saturated carbocycles. The molecule has 0 aliphatic carbocycles. The van der Waals surface area contributed by atoms with Crippen LogP contribution < -0.4 is 5.32 Å². The van der Waals surface area contributed by atoms with Gasteiger partial charge in [-0.2, -0.15) is 0 Å². The van der Waals surface area contributed by atoms with Gasteiger partial charge in [0.05, 0.1) is 11.3 Å². The third kappa shape index (κ3) is 1.35. The molecule has 2 heterocycles. The van der Waals surface area contributed by atoms with Gasteiger partial charge in [0.1, 0.15) is 6.04 Å². The molecule has 1 saturated heterocycles. The van der Waals surface area contributed by atoms with E-state index in [1.54, 1.807) is 24.3 Å². The summed E-state index contributed by atoms with van der Waals surface area (Å²) in [5.41, 5.74) is 0.850. The highest BCUT2D eigenvalue weighted by molar-refractivity contribution is 6.16. The first-order valence-electron chi connectivity index (χ1n) is 5.45. The van der Waals surface area contributed by atoms with Crippen molar-refractivity contribution in [1.29, 1.82) is 0 Å². The third-order valence-corrected chi connectivity index (χ3v) is 3.15. The molecule has 2 aliphatic rings. The molecule has 1 atom stereocenters. The van der Waals surface area contributed by atoms with Gasteiger partial charge >= 0.3 is 0 Å². The van der Waals surface area contributed by atoms with Crippen molar-refractivity contribution in [3.8, 4) is 0 Å². The van der Waals surface area contributed by atoms with Gasteiger partial charge < -0.3 is 5.32 Å². The second-order valence-electron chi connectivity index (χ2n) is 4.16. The maximum atomic E-state index is 12.2. The minimum Gasteiger partial charge on any atom is -0.324 e. The van der Waals surface area contributed by atoms with E-state index in [0.717, 1.165) is 4.90 Å². The lowest BCUT2D eigenvalue weighted by Gasteiger charge is -2.17. The van der Waals surface area contributed by atoms with Crippen LogP contribution in [-0.4, -0.2) is 28.7 Å². The summed E-state index contributed by atoms with van der Waals surface area (Å²) in [6.45, 7) is 0. The maximum Gasteiger partial charge on any atom is 0.263 e. The molecule has 86 valence electrons. The smallest absolute Gasteiger partial charge is 0.263 e. The molecule has 1 aromatic rings. The summed E-state index contributed by atoms with van der Waals surface area (Å²) in [7, 11) is 0. The van der Waals surface area contributed by atoms with Gasteiger partial charge in [0.2, 0.25) is 11.8 Å². The molecule has 17 heavy (non-hydrogen) atoms. The molecule has 5 heteroatoms. The normalized spacial score (nSPS) is 22.9. The fourth-order valence-corrected chi connectivity index (χ4v) is 2.31. The van der Waals surface area contributed by atoms with Gasteiger partial charge in [-0.3, -0.25) is 19.3 Å². The van der Waals surface area contributed by atoms with E-state index in [-0.39, 0.29) is 24.1 Å². The standard InChI is InChI=1S/C12H10N2O3/c15-10-6-5-9-11(16)13-8-4-2-1-3-7(8)12(17)14(9)10/h1-4,9H,5-6H2,(H,13,16). The Morgan fingerprint density at radius 1 is 1.18 bits per heavy atom. The predicted molar refractivity (Wildman–Crippen MR) is 59.3 cm³/mol. The number of amides is 3. The molecular weight excluding hydrogens is 220 g/mol. The van der Waals surface area contributed by atoms with Gasteiger partial charge in [-0.25, -0.2) is 0 Å². The largest absolute Gasteiger partial charge is 0.324 e. The number of para-hydroxylation sites is 1. The van der Waals surface area contributed by atoms with E-state index in [2.05, 4.69) is 5.32 Å². The molecule has 1 aromatic carbocycles. The molecular formula is C12H10N2O3. The minimum atomic E-state index is -0.651. The Labute approximate surface area is 97.4 Å². The number of imide groups is 1. The molecule has 1 unspecified atom stereocenters. The number of nitrogens with one attached hydrogen (secondary N) is 1. The van der Waals surface area contributed by atoms with Crippen molar-refractivity contribution in [3.63, 3.8) is 0 Å². The Kier molecular flexibility index (Phi) is 2.01. The van der Waals surface area contributed by atoms with E-state index >= 15 is 0 Å². The summed E-state index contributed by atoms with van der Waals surface area (Å²) < 4.78 is 0. The molecule has 3 amide bonds. The molecule has 3 rings (SSSR count). The molecule has 1 fully saturated rings. The highest BCUT2D eigenvalue weighted by atomic mass is 16.2. The Hall–Kier alpha value is -2.17. The molecule has 0 aromatic heterocycles. The van der Waals surface area contributed by atoms with Crippen molar-refractivity contribution < 1.29 is 14.4 Å². The Bertz CT molecular complexity index is 538. The van der Waals surface area contributed by atoms with Crippen LogP contribution >= 0.6 is 0 Å². The zero-order valence-corrected chi connectivity index (χ0v) is 8.97. The zero-order valence-electron chi connectivity index (χ0n) is 8.97. The highest BCUT2D eigenvalue weighted by Crippen LogP contribution is 2.28. The summed E-state index contributed by atoms with van der Waals surface area (Å²) in [6.07, 6.45) is 0.663. The lowest BCUT2D eigenvalue weighted by atomic mass is 10.1. The topological polar surface area (TPSA) is 66.5 Å². The monoisotopic (exact) mass is 230 g/mol. The van der Waals surface area contributed by atoms with Crippen LogP contribution in [0.15, 0.2) is 24.3 Å². The van der Waals surface area contributed by atoms with Crippen LogP contribution in [0.2, 0.25) is 0 Å². The molecule has 5 nitrogen and oxygen atoms in total. The average molecular weight is 230 g/mol. The number of anilines is 1. The Morgan fingerprint density at radius 3 is 2.76 bits per heavy atom. The minimum absolute atomic E-state index is 0.256. The van der Waals surface area contributed by atoms with Crippen LogP contribution in [-0.2, 0) is 9.59 Å². The van der Waals surface area contributed by atoms with Crippen LogP contribution in [0.4, 0.5) is 5.69 Å². The molecule has 0 spiro atoms. The first kappa shape index (κ1) is 10.0. The van der Waals surface area contributed by atoms with E-state index in [1.807, 2.05) is 0 Å². The van der Waals surface area contributed by atoms with Crippen LogP contribution in [0.1, 0.15) is 23.2 Å². The summed E-state index contributed by atoms with van der Waals surface area (Å²) in [5.74, 6) is -0.938. The number of rotatable bonds is 0. The van der Waals surface area contributed by atoms with E-state index < -0.39 is 6.04 Å². The lowest BCUT2D eigenvalue weighted by Crippen LogP contribution is -2.42. The quantitative estimate of drug-likeness (QED) is 0.669. The third-order valence-electron chi connectivity index (χ3n) is 3.15. The van der Waals surface area contributed by atoms with Crippen molar-refractivity contribution in [2.75, 3.05) is 5.32 Å². The van der Waals surface area contributed by atoms with Crippen molar-refractivity contribution in [1.82, 2.24) is 4.90 Å². The maximum absolute atomic E-state index is 12.2. The molecule has 2 aliphatic heterocycles. The van der Waals surface area contributed by atoms with Gasteiger partial charge in [-0.15, -0.1) is 0 Å². The first-order chi connectivity index (χ1) is 8.18. The average Bonchev–Trinajstić information content (AvgIpc) is 2.66.